The maximum atomic E-state index is 13.5. The smallest absolute Gasteiger partial charge is 0.264 e. The molecular formula is C24H24ClN3O4S. The van der Waals surface area contributed by atoms with Crippen molar-refractivity contribution in [3.8, 4) is 5.75 Å². The molecule has 0 aromatic heterocycles. The molecule has 0 aliphatic carbocycles. The number of hydrogen-bond donors (Lipinski definition) is 1. The van der Waals surface area contributed by atoms with Gasteiger partial charge in [0.2, 0.25) is 0 Å². The lowest BCUT2D eigenvalue weighted by Gasteiger charge is -2.25. The molecule has 0 unspecified atom stereocenters. The molecule has 172 valence electrons. The summed E-state index contributed by atoms with van der Waals surface area (Å²) >= 11 is 5.95. The molecule has 0 saturated carbocycles. The van der Waals surface area contributed by atoms with Crippen molar-refractivity contribution in [1.82, 2.24) is 5.43 Å². The summed E-state index contributed by atoms with van der Waals surface area (Å²) in [6, 6.07) is 18.5. The third-order valence-electron chi connectivity index (χ3n) is 4.75. The molecule has 3 aromatic carbocycles. The molecular weight excluding hydrogens is 462 g/mol. The number of methoxy groups -OCH3 is 1. The molecule has 0 heterocycles. The number of carbonyl (C=O) groups is 1. The first-order valence-electron chi connectivity index (χ1n) is 10.0. The Bertz CT molecular complexity index is 1280. The minimum Gasteiger partial charge on any atom is -0.495 e. The van der Waals surface area contributed by atoms with Crippen LogP contribution in [0, 0.1) is 13.8 Å². The molecule has 7 nitrogen and oxygen atoms in total. The van der Waals surface area contributed by atoms with Crippen LogP contribution in [0.5, 0.6) is 5.75 Å². The normalized spacial score (nSPS) is 11.4. The van der Waals surface area contributed by atoms with E-state index in [9.17, 15) is 13.2 Å². The molecule has 3 rings (SSSR count). The zero-order chi connectivity index (χ0) is 24.0. The molecule has 0 spiro atoms. The number of amides is 1. The zero-order valence-electron chi connectivity index (χ0n) is 18.4. The lowest BCUT2D eigenvalue weighted by Crippen LogP contribution is -2.39. The second kappa shape index (κ2) is 10.5. The van der Waals surface area contributed by atoms with Gasteiger partial charge in [-0.05, 0) is 61.4 Å². The number of rotatable bonds is 8. The van der Waals surface area contributed by atoms with Crippen LogP contribution in [0.25, 0.3) is 0 Å². The largest absolute Gasteiger partial charge is 0.495 e. The van der Waals surface area contributed by atoms with Gasteiger partial charge in [-0.1, -0.05) is 47.5 Å². The van der Waals surface area contributed by atoms with Gasteiger partial charge in [0.15, 0.2) is 0 Å². The van der Waals surface area contributed by atoms with E-state index >= 15 is 0 Å². The molecule has 0 aliphatic heterocycles. The number of hydrogen-bond acceptors (Lipinski definition) is 5. The van der Waals surface area contributed by atoms with Crippen LogP contribution >= 0.6 is 11.6 Å². The molecule has 0 bridgehead atoms. The first kappa shape index (κ1) is 24.3. The number of hydrazone groups is 1. The van der Waals surface area contributed by atoms with Gasteiger partial charge in [-0.2, -0.15) is 5.10 Å². The Morgan fingerprint density at radius 3 is 2.42 bits per heavy atom. The first-order chi connectivity index (χ1) is 15.7. The minimum absolute atomic E-state index is 0.0619. The van der Waals surface area contributed by atoms with E-state index in [2.05, 4.69) is 10.5 Å². The Morgan fingerprint density at radius 1 is 1.06 bits per heavy atom. The zero-order valence-corrected chi connectivity index (χ0v) is 20.0. The number of benzene rings is 3. The van der Waals surface area contributed by atoms with E-state index < -0.39 is 22.5 Å². The van der Waals surface area contributed by atoms with E-state index in [1.54, 1.807) is 54.6 Å². The Labute approximate surface area is 198 Å². The van der Waals surface area contributed by atoms with Gasteiger partial charge in [0.25, 0.3) is 15.9 Å². The number of ether oxygens (including phenoxy) is 1. The molecule has 0 saturated heterocycles. The van der Waals surface area contributed by atoms with Crippen molar-refractivity contribution in [3.05, 3.63) is 88.4 Å². The quantitative estimate of drug-likeness (QED) is 0.380. The molecule has 1 N–H and O–H groups in total. The summed E-state index contributed by atoms with van der Waals surface area (Å²) in [4.78, 5) is 12.8. The highest BCUT2D eigenvalue weighted by Gasteiger charge is 2.29. The summed E-state index contributed by atoms with van der Waals surface area (Å²) in [5.41, 5.74) is 5.05. The van der Waals surface area contributed by atoms with Crippen molar-refractivity contribution in [2.45, 2.75) is 18.7 Å². The van der Waals surface area contributed by atoms with Crippen molar-refractivity contribution in [2.24, 2.45) is 5.10 Å². The Hall–Kier alpha value is -3.36. The molecule has 1 amide bonds. The standard InChI is InChI=1S/C24H24ClN3O4S/c1-17-7-10-21(11-8-17)33(30,31)28(22-13-18(2)9-12-23(22)32-3)16-24(29)27-26-15-19-5-4-6-20(25)14-19/h4-15H,16H2,1-3H3,(H,27,29)/b26-15-. The number of nitrogens with zero attached hydrogens (tertiary/aromatic N) is 2. The fourth-order valence-corrected chi connectivity index (χ4v) is 4.69. The van der Waals surface area contributed by atoms with Gasteiger partial charge in [-0.3, -0.25) is 9.10 Å². The summed E-state index contributed by atoms with van der Waals surface area (Å²) in [7, 11) is -2.63. The molecule has 0 aliphatic rings. The second-order valence-electron chi connectivity index (χ2n) is 7.35. The van der Waals surface area contributed by atoms with Crippen molar-refractivity contribution in [1.29, 1.82) is 0 Å². The van der Waals surface area contributed by atoms with Crippen molar-refractivity contribution >= 4 is 39.4 Å². The number of carbonyl (C=O) groups excluding carboxylic acids is 1. The summed E-state index contributed by atoms with van der Waals surface area (Å²) in [5.74, 6) is -0.293. The molecule has 0 radical (unpaired) electrons. The summed E-state index contributed by atoms with van der Waals surface area (Å²) in [5, 5.41) is 4.45. The minimum atomic E-state index is -4.07. The van der Waals surface area contributed by atoms with Crippen LogP contribution in [-0.4, -0.2) is 34.2 Å². The first-order valence-corrected chi connectivity index (χ1v) is 11.8. The molecule has 0 fully saturated rings. The van der Waals surface area contributed by atoms with Crippen LogP contribution in [-0.2, 0) is 14.8 Å². The van der Waals surface area contributed by atoms with Crippen LogP contribution in [0.3, 0.4) is 0 Å². The van der Waals surface area contributed by atoms with Gasteiger partial charge >= 0.3 is 0 Å². The topological polar surface area (TPSA) is 88.1 Å². The fraction of sp³-hybridized carbons (Fsp3) is 0.167. The van der Waals surface area contributed by atoms with E-state index in [4.69, 9.17) is 16.3 Å². The highest BCUT2D eigenvalue weighted by Crippen LogP contribution is 2.33. The average molecular weight is 486 g/mol. The second-order valence-corrected chi connectivity index (χ2v) is 9.65. The van der Waals surface area contributed by atoms with Crippen molar-refractivity contribution in [3.63, 3.8) is 0 Å². The number of anilines is 1. The SMILES string of the molecule is COc1ccc(C)cc1N(CC(=O)N/N=C\c1cccc(Cl)c1)S(=O)(=O)c1ccc(C)cc1. The van der Waals surface area contributed by atoms with E-state index in [1.807, 2.05) is 13.8 Å². The van der Waals surface area contributed by atoms with Crippen LogP contribution in [0.1, 0.15) is 16.7 Å². The number of nitrogens with one attached hydrogen (secondary N) is 1. The van der Waals surface area contributed by atoms with Gasteiger partial charge in [-0.15, -0.1) is 0 Å². The Kier molecular flexibility index (Phi) is 7.73. The predicted molar refractivity (Wildman–Crippen MR) is 131 cm³/mol. The van der Waals surface area contributed by atoms with Crippen LogP contribution < -0.4 is 14.5 Å². The molecule has 0 atom stereocenters. The maximum Gasteiger partial charge on any atom is 0.264 e. The molecule has 33 heavy (non-hydrogen) atoms. The van der Waals surface area contributed by atoms with Crippen LogP contribution in [0.2, 0.25) is 5.02 Å². The number of sulfonamides is 1. The fourth-order valence-electron chi connectivity index (χ4n) is 3.06. The van der Waals surface area contributed by atoms with Gasteiger partial charge in [-0.25, -0.2) is 13.8 Å². The number of aryl methyl sites for hydroxylation is 2. The van der Waals surface area contributed by atoms with E-state index in [0.29, 0.717) is 16.3 Å². The lowest BCUT2D eigenvalue weighted by atomic mass is 10.2. The average Bonchev–Trinajstić information content (AvgIpc) is 2.78. The van der Waals surface area contributed by atoms with Crippen molar-refractivity contribution in [2.75, 3.05) is 18.0 Å². The molecule has 3 aromatic rings. The van der Waals surface area contributed by atoms with Gasteiger partial charge in [0.1, 0.15) is 12.3 Å². The summed E-state index contributed by atoms with van der Waals surface area (Å²) in [6.45, 7) is 3.20. The molecule has 9 heteroatoms. The maximum absolute atomic E-state index is 13.5. The van der Waals surface area contributed by atoms with E-state index in [-0.39, 0.29) is 10.6 Å². The lowest BCUT2D eigenvalue weighted by molar-refractivity contribution is -0.119. The highest BCUT2D eigenvalue weighted by molar-refractivity contribution is 7.92. The third kappa shape index (κ3) is 6.12. The number of halogens is 1. The highest BCUT2D eigenvalue weighted by atomic mass is 35.5. The van der Waals surface area contributed by atoms with Crippen LogP contribution in [0.4, 0.5) is 5.69 Å². The third-order valence-corrected chi connectivity index (χ3v) is 6.76. The van der Waals surface area contributed by atoms with E-state index in [1.165, 1.54) is 25.5 Å². The van der Waals surface area contributed by atoms with Gasteiger partial charge in [0.05, 0.1) is 23.9 Å². The van der Waals surface area contributed by atoms with Crippen molar-refractivity contribution < 1.29 is 17.9 Å². The van der Waals surface area contributed by atoms with E-state index in [0.717, 1.165) is 15.4 Å². The van der Waals surface area contributed by atoms with Crippen LogP contribution in [0.15, 0.2) is 76.7 Å². The Morgan fingerprint density at radius 2 is 1.76 bits per heavy atom. The monoisotopic (exact) mass is 485 g/mol. The Balaban J connectivity index is 1.93. The predicted octanol–water partition coefficient (Wildman–Crippen LogP) is 4.31. The van der Waals surface area contributed by atoms with Gasteiger partial charge in [0, 0.05) is 5.02 Å². The van der Waals surface area contributed by atoms with Gasteiger partial charge < -0.3 is 4.74 Å². The summed E-state index contributed by atoms with van der Waals surface area (Å²) in [6.07, 6.45) is 1.43. The summed E-state index contributed by atoms with van der Waals surface area (Å²) < 4.78 is 33.5.